The Morgan fingerprint density at radius 3 is 2.76 bits per heavy atom. The molecule has 7 heteroatoms. The first-order valence-electron chi connectivity index (χ1n) is 4.62. The Morgan fingerprint density at radius 1 is 1.47 bits per heavy atom. The lowest BCUT2D eigenvalue weighted by atomic mass is 10.2. The molecule has 0 saturated heterocycles. The van der Waals surface area contributed by atoms with Gasteiger partial charge in [0.05, 0.1) is 17.9 Å². The van der Waals surface area contributed by atoms with Crippen LogP contribution in [0, 0.1) is 17.7 Å². The van der Waals surface area contributed by atoms with E-state index in [1.54, 1.807) is 0 Å². The van der Waals surface area contributed by atoms with Crippen molar-refractivity contribution in [1.29, 1.82) is 0 Å². The van der Waals surface area contributed by atoms with E-state index >= 15 is 0 Å². The highest BCUT2D eigenvalue weighted by Gasteiger charge is 2.07. The Kier molecular flexibility index (Phi) is 4.45. The van der Waals surface area contributed by atoms with Gasteiger partial charge < -0.3 is 5.11 Å². The number of hydrogen-bond acceptors (Lipinski definition) is 3. The van der Waals surface area contributed by atoms with Crippen LogP contribution < -0.4 is 9.86 Å². The van der Waals surface area contributed by atoms with Gasteiger partial charge >= 0.3 is 0 Å². The highest BCUT2D eigenvalue weighted by atomic mass is 32.2. The summed E-state index contributed by atoms with van der Waals surface area (Å²) in [5.74, 6) is 4.56. The third-order valence-corrected chi connectivity index (χ3v) is 2.20. The molecule has 1 aromatic carbocycles. The molecule has 0 aliphatic rings. The molecule has 17 heavy (non-hydrogen) atoms. The van der Waals surface area contributed by atoms with Gasteiger partial charge in [-0.1, -0.05) is 11.8 Å². The Hall–Kier alpha value is -1.62. The second kappa shape index (κ2) is 5.63. The molecule has 0 fully saturated rings. The summed E-state index contributed by atoms with van der Waals surface area (Å²) in [5, 5.41) is 13.4. The van der Waals surface area contributed by atoms with Crippen molar-refractivity contribution in [1.82, 2.24) is 0 Å². The van der Waals surface area contributed by atoms with Gasteiger partial charge in [-0.05, 0) is 18.2 Å². The zero-order valence-electron chi connectivity index (χ0n) is 8.77. The Labute approximate surface area is 98.6 Å². The molecule has 0 bridgehead atoms. The number of nitrogens with two attached hydrogens (primary N) is 1. The van der Waals surface area contributed by atoms with Crippen LogP contribution in [0.25, 0.3) is 0 Å². The quantitative estimate of drug-likeness (QED) is 0.675. The van der Waals surface area contributed by atoms with E-state index in [2.05, 4.69) is 11.8 Å². The number of benzene rings is 1. The van der Waals surface area contributed by atoms with E-state index in [9.17, 15) is 12.8 Å². The minimum atomic E-state index is -3.93. The molecule has 1 aromatic rings. The van der Waals surface area contributed by atoms with Crippen LogP contribution in [-0.4, -0.2) is 20.1 Å². The second-order valence-electron chi connectivity index (χ2n) is 3.11. The van der Waals surface area contributed by atoms with E-state index in [1.807, 2.05) is 4.72 Å². The molecule has 0 heterocycles. The highest BCUT2D eigenvalue weighted by Crippen LogP contribution is 2.16. The van der Waals surface area contributed by atoms with E-state index < -0.39 is 16.0 Å². The average molecular weight is 258 g/mol. The van der Waals surface area contributed by atoms with Crippen molar-refractivity contribution >= 4 is 15.9 Å². The molecule has 4 N–H and O–H groups in total. The van der Waals surface area contributed by atoms with Crippen LogP contribution in [0.15, 0.2) is 18.2 Å². The summed E-state index contributed by atoms with van der Waals surface area (Å²) in [7, 11) is -3.93. The number of anilines is 1. The first-order chi connectivity index (χ1) is 7.92. The predicted molar refractivity (Wildman–Crippen MR) is 61.7 cm³/mol. The number of nitrogens with one attached hydrogen (secondary N) is 1. The van der Waals surface area contributed by atoms with Crippen LogP contribution in [0.2, 0.25) is 0 Å². The van der Waals surface area contributed by atoms with Crippen molar-refractivity contribution in [2.75, 3.05) is 11.3 Å². The van der Waals surface area contributed by atoms with Crippen LogP contribution >= 0.6 is 0 Å². The zero-order chi connectivity index (χ0) is 12.9. The Morgan fingerprint density at radius 2 is 2.18 bits per heavy atom. The maximum absolute atomic E-state index is 13.0. The van der Waals surface area contributed by atoms with Gasteiger partial charge in [0.1, 0.15) is 5.82 Å². The summed E-state index contributed by atoms with van der Waals surface area (Å²) < 4.78 is 36.7. The third kappa shape index (κ3) is 4.82. The van der Waals surface area contributed by atoms with Gasteiger partial charge in [-0.15, -0.1) is 0 Å². The van der Waals surface area contributed by atoms with Gasteiger partial charge in [0.15, 0.2) is 0 Å². The molecule has 0 spiro atoms. The molecule has 0 atom stereocenters. The molecule has 0 aromatic heterocycles. The smallest absolute Gasteiger partial charge is 0.296 e. The third-order valence-electron chi connectivity index (χ3n) is 1.69. The SMILES string of the molecule is NS(=O)(=O)Nc1ccc(F)cc1C#CCCO. The molecule has 92 valence electrons. The van der Waals surface area contributed by atoms with Crippen molar-refractivity contribution < 1.29 is 17.9 Å². The number of halogens is 1. The van der Waals surface area contributed by atoms with Crippen molar-refractivity contribution in [2.24, 2.45) is 5.14 Å². The van der Waals surface area contributed by atoms with Crippen LogP contribution in [0.5, 0.6) is 0 Å². The van der Waals surface area contributed by atoms with E-state index in [0.29, 0.717) is 0 Å². The summed E-state index contributed by atoms with van der Waals surface area (Å²) in [6.45, 7) is -0.125. The van der Waals surface area contributed by atoms with E-state index in [0.717, 1.165) is 12.1 Å². The summed E-state index contributed by atoms with van der Waals surface area (Å²) in [5.41, 5.74) is 0.256. The molecule has 1 rings (SSSR count). The van der Waals surface area contributed by atoms with Crippen molar-refractivity contribution in [3.63, 3.8) is 0 Å². The van der Waals surface area contributed by atoms with Crippen LogP contribution in [0.3, 0.4) is 0 Å². The van der Waals surface area contributed by atoms with Crippen molar-refractivity contribution in [2.45, 2.75) is 6.42 Å². The van der Waals surface area contributed by atoms with Crippen LogP contribution in [0.4, 0.5) is 10.1 Å². The van der Waals surface area contributed by atoms with Crippen molar-refractivity contribution in [3.8, 4) is 11.8 Å². The van der Waals surface area contributed by atoms with Crippen LogP contribution in [0.1, 0.15) is 12.0 Å². The molecule has 0 unspecified atom stereocenters. The zero-order valence-corrected chi connectivity index (χ0v) is 9.59. The maximum atomic E-state index is 13.0. The van der Waals surface area contributed by atoms with E-state index in [-0.39, 0.29) is 24.3 Å². The van der Waals surface area contributed by atoms with Crippen molar-refractivity contribution in [3.05, 3.63) is 29.6 Å². The molecule has 0 aliphatic heterocycles. The lowest BCUT2D eigenvalue weighted by molar-refractivity contribution is 0.305. The largest absolute Gasteiger partial charge is 0.395 e. The van der Waals surface area contributed by atoms with Crippen LogP contribution in [-0.2, 0) is 10.2 Å². The first-order valence-corrected chi connectivity index (χ1v) is 6.17. The normalized spacial score (nSPS) is 10.5. The minimum Gasteiger partial charge on any atom is -0.395 e. The monoisotopic (exact) mass is 258 g/mol. The molecule has 0 saturated carbocycles. The van der Waals surface area contributed by atoms with E-state index in [4.69, 9.17) is 10.2 Å². The summed E-state index contributed by atoms with van der Waals surface area (Å²) in [6.07, 6.45) is 0.214. The average Bonchev–Trinajstić information content (AvgIpc) is 2.20. The van der Waals surface area contributed by atoms with Gasteiger partial charge in [-0.3, -0.25) is 4.72 Å². The molecular formula is C10H11FN2O3S. The Bertz CT molecular complexity index is 561. The molecule has 0 aliphatic carbocycles. The number of aliphatic hydroxyl groups is 1. The fourth-order valence-corrected chi connectivity index (χ4v) is 1.56. The lowest BCUT2D eigenvalue weighted by Crippen LogP contribution is -2.22. The molecule has 0 radical (unpaired) electrons. The van der Waals surface area contributed by atoms with Gasteiger partial charge in [-0.2, -0.15) is 8.42 Å². The maximum Gasteiger partial charge on any atom is 0.296 e. The van der Waals surface area contributed by atoms with E-state index in [1.165, 1.54) is 6.07 Å². The van der Waals surface area contributed by atoms with Gasteiger partial charge in [0.2, 0.25) is 0 Å². The number of aliphatic hydroxyl groups excluding tert-OH is 1. The number of hydrogen-bond donors (Lipinski definition) is 3. The van der Waals surface area contributed by atoms with Gasteiger partial charge in [-0.25, -0.2) is 9.53 Å². The standard InChI is InChI=1S/C10H11FN2O3S/c11-9-4-5-10(13-17(12,15)16)8(7-9)3-1-2-6-14/h4-5,7,13-14H,2,6H2,(H2,12,15,16). The fraction of sp³-hybridized carbons (Fsp3) is 0.200. The van der Waals surface area contributed by atoms with Gasteiger partial charge in [0, 0.05) is 6.42 Å². The Balaban J connectivity index is 3.09. The fourth-order valence-electron chi connectivity index (χ4n) is 1.08. The summed E-state index contributed by atoms with van der Waals surface area (Å²) in [6, 6.07) is 3.39. The number of rotatable bonds is 3. The minimum absolute atomic E-state index is 0.0966. The first kappa shape index (κ1) is 13.4. The highest BCUT2D eigenvalue weighted by molar-refractivity contribution is 7.90. The molecule has 5 nitrogen and oxygen atoms in total. The predicted octanol–water partition coefficient (Wildman–Crippen LogP) is 0.175. The lowest BCUT2D eigenvalue weighted by Gasteiger charge is -2.05. The summed E-state index contributed by atoms with van der Waals surface area (Å²) >= 11 is 0. The summed E-state index contributed by atoms with van der Waals surface area (Å²) in [4.78, 5) is 0. The van der Waals surface area contributed by atoms with Gasteiger partial charge in [0.25, 0.3) is 10.2 Å². The molecule has 0 amide bonds. The topological polar surface area (TPSA) is 92.4 Å². The second-order valence-corrected chi connectivity index (χ2v) is 4.41. The molecular weight excluding hydrogens is 247 g/mol.